The maximum absolute atomic E-state index is 12.5. The Kier molecular flexibility index (Phi) is 7.04. The zero-order valence-electron chi connectivity index (χ0n) is 16.8. The van der Waals surface area contributed by atoms with E-state index in [0.29, 0.717) is 36.9 Å². The lowest BCUT2D eigenvalue weighted by Crippen LogP contribution is -2.38. The third-order valence-electron chi connectivity index (χ3n) is 5.24. The molecule has 0 radical (unpaired) electrons. The molecule has 1 aromatic carbocycles. The second-order valence-electron chi connectivity index (χ2n) is 6.97. The lowest BCUT2D eigenvalue weighted by atomic mass is 10.1. The Morgan fingerprint density at radius 1 is 1.21 bits per heavy atom. The van der Waals surface area contributed by atoms with Gasteiger partial charge in [-0.05, 0) is 44.4 Å². The van der Waals surface area contributed by atoms with Crippen LogP contribution in [-0.4, -0.2) is 62.8 Å². The van der Waals surface area contributed by atoms with Crippen LogP contribution in [0.2, 0.25) is 5.02 Å². The van der Waals surface area contributed by atoms with Gasteiger partial charge in [-0.15, -0.1) is 5.10 Å². The maximum atomic E-state index is 12.5. The number of carbonyl (C=O) groups excluding carboxylic acids is 2. The zero-order valence-corrected chi connectivity index (χ0v) is 17.5. The van der Waals surface area contributed by atoms with Crippen LogP contribution >= 0.6 is 11.6 Å². The van der Waals surface area contributed by atoms with Crippen molar-refractivity contribution in [1.29, 1.82) is 0 Å². The van der Waals surface area contributed by atoms with Gasteiger partial charge >= 0.3 is 0 Å². The van der Waals surface area contributed by atoms with Crippen LogP contribution in [0.25, 0.3) is 6.08 Å². The predicted molar refractivity (Wildman–Crippen MR) is 113 cm³/mol. The molecule has 1 saturated heterocycles. The molecule has 0 atom stereocenters. The summed E-state index contributed by atoms with van der Waals surface area (Å²) in [6, 6.07) is 7.56. The van der Waals surface area contributed by atoms with E-state index in [9.17, 15) is 9.59 Å². The van der Waals surface area contributed by atoms with Crippen molar-refractivity contribution in [3.63, 3.8) is 0 Å². The van der Waals surface area contributed by atoms with Crippen LogP contribution in [0.5, 0.6) is 0 Å². The van der Waals surface area contributed by atoms with E-state index in [2.05, 4.69) is 10.3 Å². The van der Waals surface area contributed by atoms with Gasteiger partial charge in [-0.25, -0.2) is 4.68 Å². The van der Waals surface area contributed by atoms with Gasteiger partial charge < -0.3 is 9.80 Å². The molecule has 0 spiro atoms. The third kappa shape index (κ3) is 5.03. The first-order valence-electron chi connectivity index (χ1n) is 9.96. The third-order valence-corrected chi connectivity index (χ3v) is 5.59. The Balaban J connectivity index is 1.56. The first-order valence-corrected chi connectivity index (χ1v) is 10.3. The van der Waals surface area contributed by atoms with E-state index in [1.807, 2.05) is 36.9 Å². The molecular weight excluding hydrogens is 390 g/mol. The average Bonchev–Trinajstić information content (AvgIpc) is 3.24. The fourth-order valence-corrected chi connectivity index (χ4v) is 3.65. The largest absolute Gasteiger partial charge is 0.339 e. The van der Waals surface area contributed by atoms with Crippen LogP contribution in [0.15, 0.2) is 36.5 Å². The van der Waals surface area contributed by atoms with Gasteiger partial charge in [-0.1, -0.05) is 35.0 Å². The number of amides is 2. The fraction of sp³-hybridized carbons (Fsp3) is 0.429. The highest BCUT2D eigenvalue weighted by Gasteiger charge is 2.25. The quantitative estimate of drug-likeness (QED) is 0.679. The Bertz CT molecular complexity index is 883. The van der Waals surface area contributed by atoms with Crippen molar-refractivity contribution < 1.29 is 9.59 Å². The topological polar surface area (TPSA) is 71.3 Å². The Morgan fingerprint density at radius 2 is 1.90 bits per heavy atom. The number of aromatic nitrogens is 3. The number of hydrogen-bond acceptors (Lipinski definition) is 4. The van der Waals surface area contributed by atoms with Crippen LogP contribution in [0.4, 0.5) is 0 Å². The number of piperidine rings is 1. The van der Waals surface area contributed by atoms with Gasteiger partial charge in [0.05, 0.1) is 12.2 Å². The van der Waals surface area contributed by atoms with E-state index in [0.717, 1.165) is 18.4 Å². The van der Waals surface area contributed by atoms with Gasteiger partial charge in [0.25, 0.3) is 5.91 Å². The molecule has 0 unspecified atom stereocenters. The number of likely N-dealkylation sites (tertiary alicyclic amines) is 1. The Morgan fingerprint density at radius 3 is 2.55 bits per heavy atom. The number of rotatable bonds is 6. The number of nitrogens with zero attached hydrogens (tertiary/aromatic N) is 5. The average molecular weight is 416 g/mol. The van der Waals surface area contributed by atoms with E-state index in [-0.39, 0.29) is 17.9 Å². The van der Waals surface area contributed by atoms with Gasteiger partial charge in [0.15, 0.2) is 5.69 Å². The molecule has 0 aliphatic carbocycles. The lowest BCUT2D eigenvalue weighted by Gasteiger charge is -2.31. The van der Waals surface area contributed by atoms with Gasteiger partial charge in [0, 0.05) is 37.3 Å². The lowest BCUT2D eigenvalue weighted by molar-refractivity contribution is -0.127. The second kappa shape index (κ2) is 9.69. The van der Waals surface area contributed by atoms with Crippen molar-refractivity contribution in [1.82, 2.24) is 24.8 Å². The second-order valence-corrected chi connectivity index (χ2v) is 7.38. The summed E-state index contributed by atoms with van der Waals surface area (Å²) in [4.78, 5) is 28.4. The smallest absolute Gasteiger partial charge is 0.276 e. The summed E-state index contributed by atoms with van der Waals surface area (Å²) >= 11 is 6.12. The number of carbonyl (C=O) groups is 2. The van der Waals surface area contributed by atoms with Crippen LogP contribution < -0.4 is 0 Å². The molecule has 0 saturated carbocycles. The number of hydrogen-bond donors (Lipinski definition) is 0. The summed E-state index contributed by atoms with van der Waals surface area (Å²) in [5.74, 6) is -0.127. The highest BCUT2D eigenvalue weighted by Crippen LogP contribution is 2.23. The summed E-state index contributed by atoms with van der Waals surface area (Å²) in [5, 5.41) is 8.83. The SMILES string of the molecule is CCN(CC)C(=O)c1cn(C2CCN(C(=O)/C=C/c3ccccc3Cl)CC2)nn1. The molecule has 3 rings (SSSR count). The molecule has 1 fully saturated rings. The summed E-state index contributed by atoms with van der Waals surface area (Å²) in [6.07, 6.45) is 6.58. The fourth-order valence-electron chi connectivity index (χ4n) is 3.45. The first-order chi connectivity index (χ1) is 14.0. The van der Waals surface area contributed by atoms with Gasteiger partial charge in [-0.2, -0.15) is 0 Å². The standard InChI is InChI=1S/C21H26ClN5O2/c1-3-25(4-2)21(29)19-15-27(24-23-19)17-11-13-26(14-12-17)20(28)10-9-16-7-5-6-8-18(16)22/h5-10,15,17H,3-4,11-14H2,1-2H3/b10-9+. The van der Waals surface area contributed by atoms with Crippen molar-refractivity contribution >= 4 is 29.5 Å². The normalized spacial score (nSPS) is 15.1. The van der Waals surface area contributed by atoms with Crippen LogP contribution in [0.1, 0.15) is 48.8 Å². The minimum Gasteiger partial charge on any atom is -0.339 e. The molecular formula is C21H26ClN5O2. The summed E-state index contributed by atoms with van der Waals surface area (Å²) in [5.41, 5.74) is 1.19. The minimum atomic E-state index is -0.0985. The predicted octanol–water partition coefficient (Wildman–Crippen LogP) is 3.29. The molecule has 0 bridgehead atoms. The Hall–Kier alpha value is -2.67. The number of halogens is 1. The highest BCUT2D eigenvalue weighted by atomic mass is 35.5. The molecule has 8 heteroatoms. The van der Waals surface area contributed by atoms with Gasteiger partial charge in [-0.3, -0.25) is 9.59 Å². The molecule has 2 aromatic rings. The molecule has 0 N–H and O–H groups in total. The summed E-state index contributed by atoms with van der Waals surface area (Å²) in [7, 11) is 0. The molecule has 2 heterocycles. The van der Waals surface area contributed by atoms with Crippen molar-refractivity contribution in [3.8, 4) is 0 Å². The van der Waals surface area contributed by atoms with Crippen molar-refractivity contribution in [2.45, 2.75) is 32.7 Å². The van der Waals surface area contributed by atoms with E-state index >= 15 is 0 Å². The maximum Gasteiger partial charge on any atom is 0.276 e. The van der Waals surface area contributed by atoms with Crippen LogP contribution in [0.3, 0.4) is 0 Å². The molecule has 1 aromatic heterocycles. The van der Waals surface area contributed by atoms with E-state index in [1.54, 1.807) is 34.0 Å². The van der Waals surface area contributed by atoms with Crippen molar-refractivity contribution in [2.24, 2.45) is 0 Å². The summed E-state index contributed by atoms with van der Waals surface area (Å²) in [6.45, 7) is 6.44. The minimum absolute atomic E-state index is 0.0284. The van der Waals surface area contributed by atoms with E-state index in [1.165, 1.54) is 0 Å². The highest BCUT2D eigenvalue weighted by molar-refractivity contribution is 6.32. The molecule has 2 amide bonds. The van der Waals surface area contributed by atoms with E-state index < -0.39 is 0 Å². The van der Waals surface area contributed by atoms with Gasteiger partial charge in [0.1, 0.15) is 0 Å². The van der Waals surface area contributed by atoms with Gasteiger partial charge in [0.2, 0.25) is 5.91 Å². The molecule has 1 aliphatic rings. The molecule has 29 heavy (non-hydrogen) atoms. The molecule has 1 aliphatic heterocycles. The van der Waals surface area contributed by atoms with E-state index in [4.69, 9.17) is 11.6 Å². The van der Waals surface area contributed by atoms with Crippen LogP contribution in [0, 0.1) is 0 Å². The van der Waals surface area contributed by atoms with Crippen molar-refractivity contribution in [3.05, 3.63) is 52.8 Å². The first kappa shape index (κ1) is 21.0. The Labute approximate surface area is 175 Å². The number of benzene rings is 1. The zero-order chi connectivity index (χ0) is 20.8. The molecule has 154 valence electrons. The summed E-state index contributed by atoms with van der Waals surface area (Å²) < 4.78 is 1.76. The van der Waals surface area contributed by atoms with Crippen LogP contribution in [-0.2, 0) is 4.79 Å². The molecule has 7 nitrogen and oxygen atoms in total. The monoisotopic (exact) mass is 415 g/mol. The van der Waals surface area contributed by atoms with Crippen molar-refractivity contribution in [2.75, 3.05) is 26.2 Å².